The van der Waals surface area contributed by atoms with Gasteiger partial charge in [0.15, 0.2) is 9.84 Å². The van der Waals surface area contributed by atoms with E-state index in [4.69, 9.17) is 16.7 Å². The Balaban J connectivity index is 3.62. The Hall–Kier alpha value is -1.11. The monoisotopic (exact) mass is 292 g/mol. The number of carbonyl (C=O) groups is 1. The second-order valence-electron chi connectivity index (χ2n) is 3.88. The van der Waals surface area contributed by atoms with Crippen molar-refractivity contribution in [1.82, 2.24) is 0 Å². The molecule has 0 heterocycles. The minimum Gasteiger partial charge on any atom is -0.478 e. The van der Waals surface area contributed by atoms with Crippen LogP contribution in [0.4, 0.5) is 0 Å². The molecule has 0 spiro atoms. The van der Waals surface area contributed by atoms with Crippen LogP contribution in [0.25, 0.3) is 0 Å². The summed E-state index contributed by atoms with van der Waals surface area (Å²) in [6.45, 7) is 1.68. The first-order valence-corrected chi connectivity index (χ1v) is 7.40. The van der Waals surface area contributed by atoms with Crippen LogP contribution < -0.4 is 0 Å². The predicted molar refractivity (Wildman–Crippen MR) is 66.8 cm³/mol. The third kappa shape index (κ3) is 3.01. The average molecular weight is 293 g/mol. The third-order valence-electron chi connectivity index (χ3n) is 2.48. The molecule has 0 radical (unpaired) electrons. The van der Waals surface area contributed by atoms with Gasteiger partial charge in [0, 0.05) is 11.8 Å². The zero-order chi connectivity index (χ0) is 14.1. The van der Waals surface area contributed by atoms with Gasteiger partial charge in [0.05, 0.1) is 21.6 Å². The standard InChI is InChI=1S/C11H13ClO5S/c1-3-9(13)7-4-6(18(2,16)17)5-8(10(7)12)11(14)15/h4-5,9,13H,3H2,1-2H3,(H,14,15). The van der Waals surface area contributed by atoms with Gasteiger partial charge in [-0.1, -0.05) is 18.5 Å². The fourth-order valence-corrected chi connectivity index (χ4v) is 2.44. The minimum absolute atomic E-state index is 0.111. The van der Waals surface area contributed by atoms with E-state index in [1.807, 2.05) is 0 Å². The Bertz CT molecular complexity index is 579. The lowest BCUT2D eigenvalue weighted by Gasteiger charge is -2.14. The SMILES string of the molecule is CCC(O)c1cc(S(C)(=O)=O)cc(C(=O)O)c1Cl. The molecular formula is C11H13ClO5S. The third-order valence-corrected chi connectivity index (χ3v) is 3.99. The zero-order valence-electron chi connectivity index (χ0n) is 9.84. The maximum absolute atomic E-state index is 11.5. The van der Waals surface area contributed by atoms with Crippen LogP contribution in [0.5, 0.6) is 0 Å². The molecule has 1 aromatic rings. The number of rotatable bonds is 4. The minimum atomic E-state index is -3.57. The van der Waals surface area contributed by atoms with Gasteiger partial charge in [-0.25, -0.2) is 13.2 Å². The summed E-state index contributed by atoms with van der Waals surface area (Å²) < 4.78 is 22.9. The number of hydrogen-bond donors (Lipinski definition) is 2. The molecule has 100 valence electrons. The Morgan fingerprint density at radius 1 is 1.44 bits per heavy atom. The number of benzene rings is 1. The Morgan fingerprint density at radius 3 is 2.39 bits per heavy atom. The highest BCUT2D eigenvalue weighted by atomic mass is 35.5. The Kier molecular flexibility index (Phi) is 4.37. The number of aromatic carboxylic acids is 1. The molecule has 0 aromatic heterocycles. The fraction of sp³-hybridized carbons (Fsp3) is 0.364. The van der Waals surface area contributed by atoms with Crippen LogP contribution >= 0.6 is 11.6 Å². The lowest BCUT2D eigenvalue weighted by Crippen LogP contribution is -2.08. The van der Waals surface area contributed by atoms with Gasteiger partial charge >= 0.3 is 5.97 Å². The van der Waals surface area contributed by atoms with Crippen molar-refractivity contribution in [3.8, 4) is 0 Å². The molecule has 7 heteroatoms. The van der Waals surface area contributed by atoms with Crippen molar-refractivity contribution in [1.29, 1.82) is 0 Å². The number of carboxylic acid groups (broad SMARTS) is 1. The van der Waals surface area contributed by atoms with Crippen LogP contribution in [0.2, 0.25) is 5.02 Å². The van der Waals surface area contributed by atoms with E-state index < -0.39 is 21.9 Å². The zero-order valence-corrected chi connectivity index (χ0v) is 11.4. The summed E-state index contributed by atoms with van der Waals surface area (Å²) in [4.78, 5) is 10.8. The van der Waals surface area contributed by atoms with E-state index in [0.717, 1.165) is 12.3 Å². The van der Waals surface area contributed by atoms with Gasteiger partial charge in [-0.05, 0) is 18.6 Å². The van der Waals surface area contributed by atoms with E-state index in [1.165, 1.54) is 6.07 Å². The number of aliphatic hydroxyl groups is 1. The smallest absolute Gasteiger partial charge is 0.337 e. The van der Waals surface area contributed by atoms with Gasteiger partial charge in [-0.15, -0.1) is 0 Å². The molecule has 5 nitrogen and oxygen atoms in total. The first kappa shape index (κ1) is 14.9. The first-order valence-electron chi connectivity index (χ1n) is 5.13. The topological polar surface area (TPSA) is 91.7 Å². The van der Waals surface area contributed by atoms with E-state index in [2.05, 4.69) is 0 Å². The molecule has 0 saturated heterocycles. The molecule has 0 fully saturated rings. The highest BCUT2D eigenvalue weighted by Crippen LogP contribution is 2.31. The molecule has 0 aliphatic heterocycles. The molecule has 0 amide bonds. The molecule has 1 aromatic carbocycles. The largest absolute Gasteiger partial charge is 0.478 e. The van der Waals surface area contributed by atoms with Gasteiger partial charge in [0.25, 0.3) is 0 Å². The van der Waals surface area contributed by atoms with Crippen LogP contribution in [-0.4, -0.2) is 30.9 Å². The first-order chi connectivity index (χ1) is 8.18. The molecule has 0 aliphatic rings. The van der Waals surface area contributed by atoms with Crippen molar-refractivity contribution in [3.05, 3.63) is 28.3 Å². The summed E-state index contributed by atoms with van der Waals surface area (Å²) in [5, 5.41) is 18.6. The highest BCUT2D eigenvalue weighted by molar-refractivity contribution is 7.90. The number of sulfone groups is 1. The van der Waals surface area contributed by atoms with E-state index >= 15 is 0 Å². The molecule has 1 unspecified atom stereocenters. The van der Waals surface area contributed by atoms with Crippen molar-refractivity contribution in [3.63, 3.8) is 0 Å². The van der Waals surface area contributed by atoms with Gasteiger partial charge in [-0.2, -0.15) is 0 Å². The van der Waals surface area contributed by atoms with E-state index in [-0.39, 0.29) is 21.0 Å². The van der Waals surface area contributed by atoms with Gasteiger partial charge in [-0.3, -0.25) is 0 Å². The highest BCUT2D eigenvalue weighted by Gasteiger charge is 2.21. The van der Waals surface area contributed by atoms with Crippen molar-refractivity contribution in [2.45, 2.75) is 24.3 Å². The molecule has 0 saturated carbocycles. The summed E-state index contributed by atoms with van der Waals surface area (Å²) >= 11 is 5.86. The van der Waals surface area contributed by atoms with Gasteiger partial charge in [0.2, 0.25) is 0 Å². The molecule has 18 heavy (non-hydrogen) atoms. The second-order valence-corrected chi connectivity index (χ2v) is 6.27. The number of halogens is 1. The quantitative estimate of drug-likeness (QED) is 0.884. The molecular weight excluding hydrogens is 280 g/mol. The molecule has 1 atom stereocenters. The van der Waals surface area contributed by atoms with Gasteiger partial charge < -0.3 is 10.2 Å². The van der Waals surface area contributed by atoms with Crippen LogP contribution in [0.3, 0.4) is 0 Å². The van der Waals surface area contributed by atoms with Crippen LogP contribution in [0, 0.1) is 0 Å². The maximum Gasteiger partial charge on any atom is 0.337 e. The van der Waals surface area contributed by atoms with E-state index in [0.29, 0.717) is 6.42 Å². The van der Waals surface area contributed by atoms with Crippen molar-refractivity contribution in [2.24, 2.45) is 0 Å². The van der Waals surface area contributed by atoms with E-state index in [9.17, 15) is 18.3 Å². The molecule has 0 bridgehead atoms. The van der Waals surface area contributed by atoms with Gasteiger partial charge in [0.1, 0.15) is 0 Å². The predicted octanol–water partition coefficient (Wildman–Crippen LogP) is 1.89. The van der Waals surface area contributed by atoms with Crippen LogP contribution in [-0.2, 0) is 9.84 Å². The van der Waals surface area contributed by atoms with Crippen LogP contribution in [0.15, 0.2) is 17.0 Å². The summed E-state index contributed by atoms with van der Waals surface area (Å²) in [5.41, 5.74) is -0.221. The Morgan fingerprint density at radius 2 is 2.00 bits per heavy atom. The average Bonchev–Trinajstić information content (AvgIpc) is 2.26. The second kappa shape index (κ2) is 5.26. The summed E-state index contributed by atoms with van der Waals surface area (Å²) in [5.74, 6) is -1.34. The lowest BCUT2D eigenvalue weighted by molar-refractivity contribution is 0.0696. The molecule has 0 aliphatic carbocycles. The normalized spacial score (nSPS) is 13.3. The number of aliphatic hydroxyl groups excluding tert-OH is 1. The molecule has 1 rings (SSSR count). The lowest BCUT2D eigenvalue weighted by atomic mass is 10.0. The maximum atomic E-state index is 11.5. The van der Waals surface area contributed by atoms with E-state index in [1.54, 1.807) is 6.92 Å². The van der Waals surface area contributed by atoms with Crippen LogP contribution in [0.1, 0.15) is 35.4 Å². The summed E-state index contributed by atoms with van der Waals surface area (Å²) in [6.07, 6.45) is 0.257. The number of carboxylic acids is 1. The van der Waals surface area contributed by atoms with Crippen molar-refractivity contribution in [2.75, 3.05) is 6.26 Å². The van der Waals surface area contributed by atoms with Crippen molar-refractivity contribution >= 4 is 27.4 Å². The number of hydrogen-bond acceptors (Lipinski definition) is 4. The Labute approximate surface area is 110 Å². The molecule has 2 N–H and O–H groups in total. The van der Waals surface area contributed by atoms with Crippen molar-refractivity contribution < 1.29 is 23.4 Å². The summed E-state index contributed by atoms with van der Waals surface area (Å²) in [7, 11) is -3.57. The fourth-order valence-electron chi connectivity index (χ4n) is 1.45. The summed E-state index contributed by atoms with van der Waals surface area (Å²) in [6, 6.07) is 2.20.